The van der Waals surface area contributed by atoms with Gasteiger partial charge in [0.1, 0.15) is 11.6 Å². The number of sulfonamides is 1. The van der Waals surface area contributed by atoms with Crippen LogP contribution in [0.1, 0.15) is 16.7 Å². The van der Waals surface area contributed by atoms with Crippen LogP contribution in [0.2, 0.25) is 0 Å². The first-order valence-corrected chi connectivity index (χ1v) is 11.5. The predicted octanol–water partition coefficient (Wildman–Crippen LogP) is 3.48. The van der Waals surface area contributed by atoms with Crippen LogP contribution in [0.3, 0.4) is 0 Å². The molecule has 0 saturated heterocycles. The van der Waals surface area contributed by atoms with E-state index in [0.717, 1.165) is 0 Å². The van der Waals surface area contributed by atoms with E-state index in [-0.39, 0.29) is 23.7 Å². The molecule has 168 valence electrons. The summed E-state index contributed by atoms with van der Waals surface area (Å²) in [6.45, 7) is 0.125. The highest BCUT2D eigenvalue weighted by Gasteiger charge is 2.16. The van der Waals surface area contributed by atoms with Gasteiger partial charge < -0.3 is 0 Å². The first kappa shape index (κ1) is 22.5. The van der Waals surface area contributed by atoms with Crippen molar-refractivity contribution in [2.24, 2.45) is 5.14 Å². The molecular formula is C24H19F2N3O3S. The smallest absolute Gasteiger partial charge is 0.267 e. The van der Waals surface area contributed by atoms with E-state index in [9.17, 15) is 22.0 Å². The van der Waals surface area contributed by atoms with Crippen LogP contribution in [-0.4, -0.2) is 18.2 Å². The summed E-state index contributed by atoms with van der Waals surface area (Å²) in [5.41, 5.74) is 2.30. The van der Waals surface area contributed by atoms with Gasteiger partial charge >= 0.3 is 0 Å². The highest BCUT2D eigenvalue weighted by molar-refractivity contribution is 7.89. The van der Waals surface area contributed by atoms with Crippen molar-refractivity contribution in [1.29, 1.82) is 0 Å². The van der Waals surface area contributed by atoms with Crippen LogP contribution in [-0.2, 0) is 23.0 Å². The number of hydrogen-bond acceptors (Lipinski definition) is 4. The zero-order chi connectivity index (χ0) is 23.6. The molecule has 3 aromatic carbocycles. The van der Waals surface area contributed by atoms with Crippen molar-refractivity contribution in [1.82, 2.24) is 9.78 Å². The molecule has 0 bridgehead atoms. The highest BCUT2D eigenvalue weighted by atomic mass is 32.2. The molecule has 0 unspecified atom stereocenters. The molecule has 0 saturated carbocycles. The SMILES string of the molecule is NS(=O)(=O)c1ccc(-c2cnn(Cc3ccc(F)cc3)c(=O)c2Cc2cccc(F)c2)cc1. The third-order valence-electron chi connectivity index (χ3n) is 5.15. The zero-order valence-corrected chi connectivity index (χ0v) is 18.1. The maximum Gasteiger partial charge on any atom is 0.271 e. The van der Waals surface area contributed by atoms with Crippen molar-refractivity contribution in [3.05, 3.63) is 118 Å². The van der Waals surface area contributed by atoms with E-state index in [1.807, 2.05) is 0 Å². The van der Waals surface area contributed by atoms with Gasteiger partial charge in [0.05, 0.1) is 17.6 Å². The van der Waals surface area contributed by atoms with Gasteiger partial charge in [0.15, 0.2) is 0 Å². The number of primary sulfonamides is 1. The molecule has 2 N–H and O–H groups in total. The van der Waals surface area contributed by atoms with Gasteiger partial charge in [-0.05, 0) is 53.1 Å². The van der Waals surface area contributed by atoms with E-state index < -0.39 is 21.4 Å². The second-order valence-corrected chi connectivity index (χ2v) is 9.06. The Hall–Kier alpha value is -3.69. The number of nitrogens with two attached hydrogens (primary N) is 1. The summed E-state index contributed by atoms with van der Waals surface area (Å²) in [4.78, 5) is 13.3. The van der Waals surface area contributed by atoms with Crippen LogP contribution in [0.25, 0.3) is 11.1 Å². The summed E-state index contributed by atoms with van der Waals surface area (Å²) in [6, 6.07) is 17.4. The Bertz CT molecular complexity index is 1470. The molecule has 0 atom stereocenters. The van der Waals surface area contributed by atoms with Crippen LogP contribution in [0.5, 0.6) is 0 Å². The van der Waals surface area contributed by atoms with Crippen molar-refractivity contribution >= 4 is 10.0 Å². The minimum absolute atomic E-state index is 0.0597. The normalized spacial score (nSPS) is 11.5. The van der Waals surface area contributed by atoms with Gasteiger partial charge in [0, 0.05) is 17.5 Å². The van der Waals surface area contributed by atoms with E-state index in [0.29, 0.717) is 27.8 Å². The lowest BCUT2D eigenvalue weighted by Gasteiger charge is -2.13. The number of rotatable bonds is 6. The first-order chi connectivity index (χ1) is 15.7. The molecule has 0 radical (unpaired) electrons. The van der Waals surface area contributed by atoms with Gasteiger partial charge in [0.25, 0.3) is 5.56 Å². The Kier molecular flexibility index (Phi) is 6.17. The van der Waals surface area contributed by atoms with Crippen molar-refractivity contribution in [2.75, 3.05) is 0 Å². The van der Waals surface area contributed by atoms with Gasteiger partial charge in [-0.25, -0.2) is 27.0 Å². The third-order valence-corrected chi connectivity index (χ3v) is 6.08. The summed E-state index contributed by atoms with van der Waals surface area (Å²) in [5, 5.41) is 9.42. The number of aromatic nitrogens is 2. The summed E-state index contributed by atoms with van der Waals surface area (Å²) in [6.07, 6.45) is 1.64. The Labute approximate surface area is 189 Å². The molecule has 0 aliphatic rings. The maximum absolute atomic E-state index is 13.8. The fourth-order valence-electron chi connectivity index (χ4n) is 3.50. The minimum Gasteiger partial charge on any atom is -0.267 e. The largest absolute Gasteiger partial charge is 0.271 e. The second-order valence-electron chi connectivity index (χ2n) is 7.50. The van der Waals surface area contributed by atoms with Crippen LogP contribution in [0.4, 0.5) is 8.78 Å². The van der Waals surface area contributed by atoms with E-state index in [1.54, 1.807) is 24.3 Å². The molecule has 0 aliphatic carbocycles. The minimum atomic E-state index is -3.87. The van der Waals surface area contributed by atoms with Crippen LogP contribution < -0.4 is 10.7 Å². The van der Waals surface area contributed by atoms with E-state index in [2.05, 4.69) is 5.10 Å². The Balaban J connectivity index is 1.80. The maximum atomic E-state index is 13.8. The number of benzene rings is 3. The van der Waals surface area contributed by atoms with Crippen molar-refractivity contribution in [3.63, 3.8) is 0 Å². The van der Waals surface area contributed by atoms with Gasteiger partial charge in [-0.1, -0.05) is 36.4 Å². The Morgan fingerprint density at radius 3 is 2.21 bits per heavy atom. The van der Waals surface area contributed by atoms with E-state index in [4.69, 9.17) is 5.14 Å². The lowest BCUT2D eigenvalue weighted by molar-refractivity contribution is 0.598. The van der Waals surface area contributed by atoms with Gasteiger partial charge in [0.2, 0.25) is 10.0 Å². The number of halogens is 2. The molecule has 0 amide bonds. The van der Waals surface area contributed by atoms with Gasteiger partial charge in [-0.2, -0.15) is 5.10 Å². The summed E-state index contributed by atoms with van der Waals surface area (Å²) >= 11 is 0. The lowest BCUT2D eigenvalue weighted by atomic mass is 9.97. The number of hydrogen-bond donors (Lipinski definition) is 1. The molecule has 4 rings (SSSR count). The molecule has 0 spiro atoms. The Morgan fingerprint density at radius 2 is 1.58 bits per heavy atom. The number of nitrogens with zero attached hydrogens (tertiary/aromatic N) is 2. The first-order valence-electron chi connectivity index (χ1n) is 9.92. The molecule has 4 aromatic rings. The molecule has 1 heterocycles. The fourth-order valence-corrected chi connectivity index (χ4v) is 4.01. The van der Waals surface area contributed by atoms with Crippen LogP contribution in [0, 0.1) is 11.6 Å². The molecule has 9 heteroatoms. The lowest BCUT2D eigenvalue weighted by Crippen LogP contribution is -2.27. The van der Waals surface area contributed by atoms with Gasteiger partial charge in [-0.15, -0.1) is 0 Å². The molecular weight excluding hydrogens is 448 g/mol. The standard InChI is InChI=1S/C24H19F2N3O3S/c25-19-8-4-16(5-9-19)15-29-24(30)22(13-17-2-1-3-20(26)12-17)23(14-28-29)18-6-10-21(11-7-18)33(27,31)32/h1-12,14H,13,15H2,(H2,27,31,32). The molecule has 0 aliphatic heterocycles. The zero-order valence-electron chi connectivity index (χ0n) is 17.3. The quantitative estimate of drug-likeness (QED) is 0.470. The Morgan fingerprint density at radius 1 is 0.879 bits per heavy atom. The second kappa shape index (κ2) is 9.05. The summed E-state index contributed by atoms with van der Waals surface area (Å²) < 4.78 is 51.4. The van der Waals surface area contributed by atoms with E-state index >= 15 is 0 Å². The predicted molar refractivity (Wildman–Crippen MR) is 120 cm³/mol. The summed E-state index contributed by atoms with van der Waals surface area (Å²) in [5.74, 6) is -0.809. The molecule has 1 aromatic heterocycles. The van der Waals surface area contributed by atoms with Gasteiger partial charge in [-0.3, -0.25) is 4.79 Å². The molecule has 33 heavy (non-hydrogen) atoms. The monoisotopic (exact) mass is 467 g/mol. The molecule has 0 fully saturated rings. The van der Waals surface area contributed by atoms with Crippen molar-refractivity contribution in [3.8, 4) is 11.1 Å². The highest BCUT2D eigenvalue weighted by Crippen LogP contribution is 2.24. The molecule has 6 nitrogen and oxygen atoms in total. The average molecular weight is 467 g/mol. The van der Waals surface area contributed by atoms with Crippen molar-refractivity contribution < 1.29 is 17.2 Å². The third kappa shape index (κ3) is 5.21. The fraction of sp³-hybridized carbons (Fsp3) is 0.0833. The van der Waals surface area contributed by atoms with Crippen molar-refractivity contribution in [2.45, 2.75) is 17.9 Å². The summed E-state index contributed by atoms with van der Waals surface area (Å²) in [7, 11) is -3.87. The average Bonchev–Trinajstić information content (AvgIpc) is 2.78. The van der Waals surface area contributed by atoms with E-state index in [1.165, 1.54) is 59.4 Å². The van der Waals surface area contributed by atoms with Crippen LogP contribution in [0.15, 0.2) is 88.7 Å². The topological polar surface area (TPSA) is 95.1 Å². The van der Waals surface area contributed by atoms with Crippen LogP contribution >= 0.6 is 0 Å².